The second kappa shape index (κ2) is 5.18. The van der Waals surface area contributed by atoms with Crippen LogP contribution < -0.4 is 5.32 Å². The molecule has 1 aromatic rings. The molecule has 0 amide bonds. The van der Waals surface area contributed by atoms with E-state index in [1.54, 1.807) is 0 Å². The highest BCUT2D eigenvalue weighted by molar-refractivity contribution is 6.31. The molecule has 2 unspecified atom stereocenters. The minimum absolute atomic E-state index is 0.111. The van der Waals surface area contributed by atoms with E-state index in [9.17, 15) is 4.39 Å². The summed E-state index contributed by atoms with van der Waals surface area (Å²) in [5.74, 6) is 0.988. The third-order valence-electron chi connectivity index (χ3n) is 3.91. The fourth-order valence-corrected chi connectivity index (χ4v) is 3.04. The van der Waals surface area contributed by atoms with Crippen LogP contribution in [0.4, 0.5) is 4.39 Å². The molecule has 0 aromatic heterocycles. The summed E-state index contributed by atoms with van der Waals surface area (Å²) in [7, 11) is 0. The Balaban J connectivity index is 2.12. The summed E-state index contributed by atoms with van der Waals surface area (Å²) < 4.78 is 13.1. The molecule has 1 N–H and O–H groups in total. The van der Waals surface area contributed by atoms with Crippen LogP contribution in [0.1, 0.15) is 32.8 Å². The fourth-order valence-electron chi connectivity index (χ4n) is 2.68. The molecule has 0 spiro atoms. The van der Waals surface area contributed by atoms with E-state index in [1.165, 1.54) is 12.1 Å². The number of halogens is 2. The quantitative estimate of drug-likeness (QED) is 0.852. The van der Waals surface area contributed by atoms with Gasteiger partial charge in [0.15, 0.2) is 0 Å². The highest BCUT2D eigenvalue weighted by atomic mass is 35.5. The van der Waals surface area contributed by atoms with Crippen molar-refractivity contribution in [2.45, 2.75) is 32.6 Å². The van der Waals surface area contributed by atoms with Gasteiger partial charge in [0.05, 0.1) is 0 Å². The molecular formula is C15H21ClFN. The Morgan fingerprint density at radius 2 is 2.17 bits per heavy atom. The van der Waals surface area contributed by atoms with Gasteiger partial charge in [0, 0.05) is 17.0 Å². The van der Waals surface area contributed by atoms with E-state index in [0.29, 0.717) is 16.9 Å². The van der Waals surface area contributed by atoms with E-state index in [2.05, 4.69) is 26.1 Å². The molecule has 100 valence electrons. The number of hydrogen-bond donors (Lipinski definition) is 1. The maximum absolute atomic E-state index is 13.1. The van der Waals surface area contributed by atoms with Crippen molar-refractivity contribution >= 4 is 11.6 Å². The van der Waals surface area contributed by atoms with E-state index in [4.69, 9.17) is 11.6 Å². The molecule has 1 nitrogen and oxygen atoms in total. The van der Waals surface area contributed by atoms with Gasteiger partial charge in [-0.1, -0.05) is 38.4 Å². The number of benzene rings is 1. The van der Waals surface area contributed by atoms with Gasteiger partial charge in [-0.05, 0) is 42.5 Å². The van der Waals surface area contributed by atoms with E-state index < -0.39 is 0 Å². The predicted molar refractivity (Wildman–Crippen MR) is 74.6 cm³/mol. The molecule has 1 fully saturated rings. The number of nitrogens with one attached hydrogen (secondary N) is 1. The lowest BCUT2D eigenvalue weighted by molar-refractivity contribution is 0.492. The normalized spacial score (nSPS) is 26.7. The highest BCUT2D eigenvalue weighted by Crippen LogP contribution is 2.55. The van der Waals surface area contributed by atoms with E-state index in [-0.39, 0.29) is 11.2 Å². The van der Waals surface area contributed by atoms with Gasteiger partial charge in [0.2, 0.25) is 0 Å². The molecule has 1 aliphatic rings. The van der Waals surface area contributed by atoms with E-state index in [0.717, 1.165) is 25.1 Å². The van der Waals surface area contributed by atoms with Crippen molar-refractivity contribution in [3.05, 3.63) is 34.6 Å². The lowest BCUT2D eigenvalue weighted by Gasteiger charge is -2.20. The lowest BCUT2D eigenvalue weighted by Crippen LogP contribution is -2.31. The monoisotopic (exact) mass is 269 g/mol. The molecule has 1 saturated carbocycles. The fraction of sp³-hybridized carbons (Fsp3) is 0.600. The maximum atomic E-state index is 13.1. The van der Waals surface area contributed by atoms with Gasteiger partial charge in [0.1, 0.15) is 5.82 Å². The molecule has 2 atom stereocenters. The van der Waals surface area contributed by atoms with Gasteiger partial charge in [-0.2, -0.15) is 0 Å². The van der Waals surface area contributed by atoms with Gasteiger partial charge in [-0.25, -0.2) is 4.39 Å². The SMILES string of the molecule is CC(C)CNCC1(c2ccc(F)cc2Cl)CC1C. The first-order chi connectivity index (χ1) is 8.45. The third-order valence-corrected chi connectivity index (χ3v) is 4.23. The van der Waals surface area contributed by atoms with Crippen LogP contribution in [0.15, 0.2) is 18.2 Å². The smallest absolute Gasteiger partial charge is 0.124 e. The van der Waals surface area contributed by atoms with Gasteiger partial charge in [0.25, 0.3) is 0 Å². The van der Waals surface area contributed by atoms with Crippen LogP contribution in [0.2, 0.25) is 5.02 Å². The Bertz CT molecular complexity index is 433. The maximum Gasteiger partial charge on any atom is 0.124 e. The molecule has 2 rings (SSSR count). The lowest BCUT2D eigenvalue weighted by atomic mass is 9.93. The molecular weight excluding hydrogens is 249 g/mol. The van der Waals surface area contributed by atoms with Crippen LogP contribution in [0.25, 0.3) is 0 Å². The zero-order valence-corrected chi connectivity index (χ0v) is 12.0. The van der Waals surface area contributed by atoms with Crippen molar-refractivity contribution < 1.29 is 4.39 Å². The Morgan fingerprint density at radius 1 is 1.50 bits per heavy atom. The van der Waals surface area contributed by atoms with Crippen molar-refractivity contribution in [2.24, 2.45) is 11.8 Å². The van der Waals surface area contributed by atoms with Crippen LogP contribution in [0, 0.1) is 17.7 Å². The zero-order chi connectivity index (χ0) is 13.3. The number of hydrogen-bond acceptors (Lipinski definition) is 1. The van der Waals surface area contributed by atoms with E-state index in [1.807, 2.05) is 6.07 Å². The summed E-state index contributed by atoms with van der Waals surface area (Å²) in [5.41, 5.74) is 1.20. The van der Waals surface area contributed by atoms with Crippen LogP contribution >= 0.6 is 11.6 Å². The average molecular weight is 270 g/mol. The predicted octanol–water partition coefficient (Wildman–Crippen LogP) is 4.00. The Morgan fingerprint density at radius 3 is 2.67 bits per heavy atom. The topological polar surface area (TPSA) is 12.0 Å². The van der Waals surface area contributed by atoms with Gasteiger partial charge < -0.3 is 5.32 Å². The first kappa shape index (κ1) is 13.8. The van der Waals surface area contributed by atoms with Gasteiger partial charge in [-0.3, -0.25) is 0 Å². The molecule has 0 bridgehead atoms. The Kier molecular flexibility index (Phi) is 3.98. The molecule has 3 heteroatoms. The van der Waals surface area contributed by atoms with Crippen molar-refractivity contribution in [2.75, 3.05) is 13.1 Å². The van der Waals surface area contributed by atoms with Gasteiger partial charge in [-0.15, -0.1) is 0 Å². The van der Waals surface area contributed by atoms with Crippen molar-refractivity contribution in [1.82, 2.24) is 5.32 Å². The van der Waals surface area contributed by atoms with Crippen LogP contribution in [-0.2, 0) is 5.41 Å². The summed E-state index contributed by atoms with van der Waals surface area (Å²) in [5, 5.41) is 4.07. The highest BCUT2D eigenvalue weighted by Gasteiger charge is 2.52. The van der Waals surface area contributed by atoms with Crippen molar-refractivity contribution in [3.8, 4) is 0 Å². The molecule has 1 aliphatic carbocycles. The molecule has 0 radical (unpaired) electrons. The first-order valence-electron chi connectivity index (χ1n) is 6.62. The summed E-state index contributed by atoms with van der Waals surface area (Å²) in [6, 6.07) is 4.78. The van der Waals surface area contributed by atoms with Crippen molar-refractivity contribution in [1.29, 1.82) is 0 Å². The molecule has 1 aromatic carbocycles. The first-order valence-corrected chi connectivity index (χ1v) is 7.00. The van der Waals surface area contributed by atoms with Crippen molar-refractivity contribution in [3.63, 3.8) is 0 Å². The summed E-state index contributed by atoms with van der Waals surface area (Å²) >= 11 is 6.19. The van der Waals surface area contributed by atoms with Gasteiger partial charge >= 0.3 is 0 Å². The largest absolute Gasteiger partial charge is 0.316 e. The van der Waals surface area contributed by atoms with Crippen LogP contribution in [-0.4, -0.2) is 13.1 Å². The Labute approximate surface area is 114 Å². The number of rotatable bonds is 5. The molecule has 18 heavy (non-hydrogen) atoms. The second-order valence-corrected chi connectivity index (χ2v) is 6.32. The summed E-state index contributed by atoms with van der Waals surface area (Å²) in [6.07, 6.45) is 1.13. The van der Waals surface area contributed by atoms with E-state index >= 15 is 0 Å². The second-order valence-electron chi connectivity index (χ2n) is 5.91. The average Bonchev–Trinajstić information content (AvgIpc) is 2.89. The zero-order valence-electron chi connectivity index (χ0n) is 11.3. The minimum Gasteiger partial charge on any atom is -0.316 e. The summed E-state index contributed by atoms with van der Waals surface area (Å²) in [4.78, 5) is 0. The Hall–Kier alpha value is -0.600. The summed E-state index contributed by atoms with van der Waals surface area (Å²) in [6.45, 7) is 8.56. The van der Waals surface area contributed by atoms with Crippen LogP contribution in [0.5, 0.6) is 0 Å². The third kappa shape index (κ3) is 2.70. The molecule has 0 heterocycles. The molecule has 0 saturated heterocycles. The minimum atomic E-state index is -0.262. The van der Waals surface area contributed by atoms with Crippen LogP contribution in [0.3, 0.4) is 0 Å². The standard InChI is InChI=1S/C15H21ClFN/c1-10(2)8-18-9-15(7-11(15)3)13-5-4-12(17)6-14(13)16/h4-6,10-11,18H,7-9H2,1-3H3. The molecule has 0 aliphatic heterocycles.